The molecule has 3 aliphatic heterocycles. The normalized spacial score (nSPS) is 26.5. The number of amides is 3. The van der Waals surface area contributed by atoms with Crippen LogP contribution in [0.4, 0.5) is 0 Å². The number of ether oxygens (including phenoxy) is 1. The average molecular weight is 434 g/mol. The van der Waals surface area contributed by atoms with Crippen molar-refractivity contribution < 1.29 is 19.1 Å². The van der Waals surface area contributed by atoms with Gasteiger partial charge in [0.05, 0.1) is 19.1 Å². The fourth-order valence-electron chi connectivity index (χ4n) is 5.79. The monoisotopic (exact) mass is 433 g/mol. The molecule has 0 aromatic heterocycles. The average Bonchev–Trinajstić information content (AvgIpc) is 3.18. The third-order valence-corrected chi connectivity index (χ3v) is 7.82. The quantitative estimate of drug-likeness (QED) is 0.644. The maximum Gasteiger partial charge on any atom is 0.228 e. The number of hydrogen-bond acceptors (Lipinski definition) is 4. The summed E-state index contributed by atoms with van der Waals surface area (Å²) in [6.07, 6.45) is 10.6. The van der Waals surface area contributed by atoms with Crippen molar-refractivity contribution in [3.8, 4) is 0 Å². The Morgan fingerprint density at radius 1 is 0.871 bits per heavy atom. The molecule has 4 aliphatic rings. The van der Waals surface area contributed by atoms with Gasteiger partial charge in [0.2, 0.25) is 17.7 Å². The number of likely N-dealkylation sites (tertiary alicyclic amines) is 2. The predicted molar refractivity (Wildman–Crippen MR) is 117 cm³/mol. The van der Waals surface area contributed by atoms with E-state index >= 15 is 0 Å². The van der Waals surface area contributed by atoms with Gasteiger partial charge in [-0.15, -0.1) is 0 Å². The second-order valence-corrected chi connectivity index (χ2v) is 10.0. The molecule has 31 heavy (non-hydrogen) atoms. The summed E-state index contributed by atoms with van der Waals surface area (Å²) in [6.45, 7) is 5.36. The molecular formula is C24H39N3O4. The van der Waals surface area contributed by atoms with Crippen molar-refractivity contribution in [2.45, 2.75) is 64.2 Å². The van der Waals surface area contributed by atoms with Gasteiger partial charge in [0.25, 0.3) is 0 Å². The fourth-order valence-corrected chi connectivity index (χ4v) is 5.79. The van der Waals surface area contributed by atoms with Gasteiger partial charge in [0, 0.05) is 52.1 Å². The maximum absolute atomic E-state index is 12.7. The first-order valence-corrected chi connectivity index (χ1v) is 12.5. The molecule has 0 radical (unpaired) electrons. The minimum absolute atomic E-state index is 0.109. The van der Waals surface area contributed by atoms with Crippen LogP contribution >= 0.6 is 0 Å². The standard InChI is InChI=1S/C24H39N3O4/c28-22(7-6-19-4-2-1-3-5-19)25-10-8-20(9-11-25)17-27-18-21(16-23(27)29)24(30)26-12-14-31-15-13-26/h19-21H,1-18H2. The number of morpholine rings is 1. The highest BCUT2D eigenvalue weighted by Crippen LogP contribution is 2.29. The highest BCUT2D eigenvalue weighted by Gasteiger charge is 2.38. The van der Waals surface area contributed by atoms with Crippen molar-refractivity contribution in [3.05, 3.63) is 0 Å². The van der Waals surface area contributed by atoms with E-state index in [4.69, 9.17) is 4.74 Å². The van der Waals surface area contributed by atoms with Gasteiger partial charge >= 0.3 is 0 Å². The summed E-state index contributed by atoms with van der Waals surface area (Å²) in [7, 11) is 0. The van der Waals surface area contributed by atoms with E-state index in [1.54, 1.807) is 0 Å². The van der Waals surface area contributed by atoms with Gasteiger partial charge in [-0.2, -0.15) is 0 Å². The Morgan fingerprint density at radius 3 is 2.29 bits per heavy atom. The molecule has 7 heteroatoms. The lowest BCUT2D eigenvalue weighted by atomic mass is 9.86. The first-order chi connectivity index (χ1) is 15.1. The summed E-state index contributed by atoms with van der Waals surface area (Å²) >= 11 is 0. The van der Waals surface area contributed by atoms with Crippen LogP contribution in [0.5, 0.6) is 0 Å². The van der Waals surface area contributed by atoms with Crippen LogP contribution in [0.3, 0.4) is 0 Å². The van der Waals surface area contributed by atoms with Gasteiger partial charge < -0.3 is 19.4 Å². The molecule has 3 amide bonds. The van der Waals surface area contributed by atoms with Crippen molar-refractivity contribution in [2.24, 2.45) is 17.8 Å². The highest BCUT2D eigenvalue weighted by atomic mass is 16.5. The number of carbonyl (C=O) groups excluding carboxylic acids is 3. The van der Waals surface area contributed by atoms with Crippen molar-refractivity contribution in [2.75, 3.05) is 52.5 Å². The molecule has 0 aromatic carbocycles. The van der Waals surface area contributed by atoms with Crippen LogP contribution < -0.4 is 0 Å². The summed E-state index contributed by atoms with van der Waals surface area (Å²) < 4.78 is 5.33. The SMILES string of the molecule is O=C(CCC1CCCCC1)N1CCC(CN2CC(C(=O)N3CCOCC3)CC2=O)CC1. The van der Waals surface area contributed by atoms with Crippen molar-refractivity contribution in [3.63, 3.8) is 0 Å². The molecular weight excluding hydrogens is 394 g/mol. The first kappa shape index (κ1) is 22.6. The molecule has 1 unspecified atom stereocenters. The highest BCUT2D eigenvalue weighted by molar-refractivity contribution is 5.89. The molecule has 0 bridgehead atoms. The maximum atomic E-state index is 12.7. The van der Waals surface area contributed by atoms with E-state index < -0.39 is 0 Å². The Labute approximate surface area is 186 Å². The van der Waals surface area contributed by atoms with E-state index in [9.17, 15) is 14.4 Å². The van der Waals surface area contributed by atoms with Crippen LogP contribution in [0.2, 0.25) is 0 Å². The van der Waals surface area contributed by atoms with Gasteiger partial charge in [-0.3, -0.25) is 14.4 Å². The lowest BCUT2D eigenvalue weighted by Gasteiger charge is -2.34. The van der Waals surface area contributed by atoms with E-state index in [2.05, 4.69) is 0 Å². The lowest BCUT2D eigenvalue weighted by molar-refractivity contribution is -0.139. The van der Waals surface area contributed by atoms with Crippen molar-refractivity contribution >= 4 is 17.7 Å². The minimum Gasteiger partial charge on any atom is -0.378 e. The van der Waals surface area contributed by atoms with Crippen LogP contribution in [0.25, 0.3) is 0 Å². The van der Waals surface area contributed by atoms with E-state index in [1.807, 2.05) is 14.7 Å². The van der Waals surface area contributed by atoms with Crippen LogP contribution in [-0.4, -0.2) is 84.9 Å². The molecule has 3 saturated heterocycles. The summed E-state index contributed by atoms with van der Waals surface area (Å²) in [4.78, 5) is 43.7. The van der Waals surface area contributed by atoms with E-state index in [0.29, 0.717) is 57.5 Å². The Morgan fingerprint density at radius 2 is 1.58 bits per heavy atom. The largest absolute Gasteiger partial charge is 0.378 e. The van der Waals surface area contributed by atoms with Gasteiger partial charge in [-0.25, -0.2) is 0 Å². The van der Waals surface area contributed by atoms with Crippen LogP contribution in [0, 0.1) is 17.8 Å². The fraction of sp³-hybridized carbons (Fsp3) is 0.875. The number of rotatable bonds is 6. The molecule has 0 spiro atoms. The molecule has 7 nitrogen and oxygen atoms in total. The molecule has 174 valence electrons. The molecule has 4 rings (SSSR count). The van der Waals surface area contributed by atoms with Gasteiger partial charge in [-0.05, 0) is 31.1 Å². The Bertz CT molecular complexity index is 635. The smallest absolute Gasteiger partial charge is 0.228 e. The molecule has 1 aliphatic carbocycles. The topological polar surface area (TPSA) is 70.2 Å². The van der Waals surface area contributed by atoms with Gasteiger partial charge in [0.15, 0.2) is 0 Å². The minimum atomic E-state index is -0.202. The first-order valence-electron chi connectivity index (χ1n) is 12.5. The summed E-state index contributed by atoms with van der Waals surface area (Å²) in [5, 5.41) is 0. The van der Waals surface area contributed by atoms with Crippen molar-refractivity contribution in [1.82, 2.24) is 14.7 Å². The molecule has 0 N–H and O–H groups in total. The third kappa shape index (κ3) is 5.99. The Kier molecular flexibility index (Phi) is 7.86. The van der Waals surface area contributed by atoms with E-state index in [0.717, 1.165) is 44.8 Å². The zero-order valence-corrected chi connectivity index (χ0v) is 18.9. The Hall–Kier alpha value is -1.63. The summed E-state index contributed by atoms with van der Waals surface area (Å²) in [6, 6.07) is 0. The Balaban J connectivity index is 1.17. The number of hydrogen-bond donors (Lipinski definition) is 0. The van der Waals surface area contributed by atoms with Gasteiger partial charge in [0.1, 0.15) is 0 Å². The summed E-state index contributed by atoms with van der Waals surface area (Å²) in [5.74, 6) is 1.52. The molecule has 3 heterocycles. The van der Waals surface area contributed by atoms with Crippen LogP contribution in [-0.2, 0) is 19.1 Å². The molecule has 4 fully saturated rings. The predicted octanol–water partition coefficient (Wildman–Crippen LogP) is 2.29. The second kappa shape index (κ2) is 10.8. The zero-order chi connectivity index (χ0) is 21.6. The number of piperidine rings is 1. The molecule has 1 atom stereocenters. The lowest BCUT2D eigenvalue weighted by Crippen LogP contribution is -2.45. The van der Waals surface area contributed by atoms with Gasteiger partial charge in [-0.1, -0.05) is 32.1 Å². The zero-order valence-electron chi connectivity index (χ0n) is 18.9. The number of nitrogens with zero attached hydrogens (tertiary/aromatic N) is 3. The third-order valence-electron chi connectivity index (χ3n) is 7.82. The molecule has 1 saturated carbocycles. The van der Waals surface area contributed by atoms with E-state index in [-0.39, 0.29) is 17.7 Å². The van der Waals surface area contributed by atoms with Crippen molar-refractivity contribution in [1.29, 1.82) is 0 Å². The van der Waals surface area contributed by atoms with E-state index in [1.165, 1.54) is 32.1 Å². The van der Waals surface area contributed by atoms with Crippen LogP contribution in [0.15, 0.2) is 0 Å². The molecule has 0 aromatic rings. The summed E-state index contributed by atoms with van der Waals surface area (Å²) in [5.41, 5.74) is 0. The number of carbonyl (C=O) groups is 3. The second-order valence-electron chi connectivity index (χ2n) is 10.0. The van der Waals surface area contributed by atoms with Crippen LogP contribution in [0.1, 0.15) is 64.2 Å².